The van der Waals surface area contributed by atoms with E-state index in [0.29, 0.717) is 12.1 Å². The largest absolute Gasteiger partial charge is 0.417 e. The maximum Gasteiger partial charge on any atom is 0.417 e. The monoisotopic (exact) mass is 352 g/mol. The van der Waals surface area contributed by atoms with Gasteiger partial charge in [0.15, 0.2) is 0 Å². The lowest BCUT2D eigenvalue weighted by Crippen LogP contribution is -2.10. The van der Waals surface area contributed by atoms with Crippen LogP contribution in [0.3, 0.4) is 0 Å². The molecule has 0 bridgehead atoms. The summed E-state index contributed by atoms with van der Waals surface area (Å²) in [4.78, 5) is 11.4. The third-order valence-electron chi connectivity index (χ3n) is 3.08. The molecule has 1 nitrogen and oxygen atoms in total. The van der Waals surface area contributed by atoms with Crippen LogP contribution in [0.15, 0.2) is 42.5 Å². The molecule has 0 fully saturated rings. The standard InChI is InChI=1S/C15H7ClF6O/c16-13(23)10-6-5-8(14(17,18)19)7-11(10)9-3-1-2-4-12(9)15(20,21)22/h1-7H. The Morgan fingerprint density at radius 2 is 1.43 bits per heavy atom. The summed E-state index contributed by atoms with van der Waals surface area (Å²) >= 11 is 5.29. The minimum absolute atomic E-state index is 0.434. The normalized spacial score (nSPS) is 12.3. The molecule has 8 heteroatoms. The number of carbonyl (C=O) groups is 1. The van der Waals surface area contributed by atoms with Crippen LogP contribution >= 0.6 is 11.6 Å². The molecule has 122 valence electrons. The maximum absolute atomic E-state index is 13.1. The molecule has 0 unspecified atom stereocenters. The van der Waals surface area contributed by atoms with Crippen molar-refractivity contribution in [2.75, 3.05) is 0 Å². The van der Waals surface area contributed by atoms with Crippen LogP contribution in [0.2, 0.25) is 0 Å². The molecule has 0 saturated carbocycles. The first kappa shape index (κ1) is 17.3. The predicted octanol–water partition coefficient (Wildman–Crippen LogP) is 5.77. The van der Waals surface area contributed by atoms with Crippen molar-refractivity contribution in [2.24, 2.45) is 0 Å². The van der Waals surface area contributed by atoms with Crippen LogP contribution in [0.1, 0.15) is 21.5 Å². The molecule has 0 aromatic heterocycles. The lowest BCUT2D eigenvalue weighted by Gasteiger charge is -2.16. The van der Waals surface area contributed by atoms with Crippen LogP contribution in [-0.4, -0.2) is 5.24 Å². The van der Waals surface area contributed by atoms with Crippen molar-refractivity contribution in [3.63, 3.8) is 0 Å². The maximum atomic E-state index is 13.1. The van der Waals surface area contributed by atoms with Crippen molar-refractivity contribution in [3.8, 4) is 11.1 Å². The van der Waals surface area contributed by atoms with Crippen molar-refractivity contribution in [3.05, 3.63) is 59.2 Å². The van der Waals surface area contributed by atoms with Gasteiger partial charge >= 0.3 is 12.4 Å². The van der Waals surface area contributed by atoms with E-state index >= 15 is 0 Å². The van der Waals surface area contributed by atoms with E-state index in [1.165, 1.54) is 6.07 Å². The Kier molecular flexibility index (Phi) is 4.43. The van der Waals surface area contributed by atoms with Gasteiger partial charge in [-0.15, -0.1) is 0 Å². The molecule has 0 aliphatic carbocycles. The van der Waals surface area contributed by atoms with E-state index in [1.54, 1.807) is 0 Å². The SMILES string of the molecule is O=C(Cl)c1ccc(C(F)(F)F)cc1-c1ccccc1C(F)(F)F. The zero-order chi connectivity index (χ0) is 17.4. The molecule has 0 N–H and O–H groups in total. The molecule has 0 radical (unpaired) electrons. The molecule has 0 aliphatic rings. The zero-order valence-electron chi connectivity index (χ0n) is 11.1. The van der Waals surface area contributed by atoms with E-state index in [-0.39, 0.29) is 0 Å². The number of rotatable bonds is 2. The Balaban J connectivity index is 2.79. The minimum atomic E-state index is -4.79. The van der Waals surface area contributed by atoms with Crippen LogP contribution < -0.4 is 0 Å². The third kappa shape index (κ3) is 3.67. The summed E-state index contributed by atoms with van der Waals surface area (Å²) in [5.74, 6) is 0. The number of alkyl halides is 6. The van der Waals surface area contributed by atoms with E-state index in [9.17, 15) is 31.1 Å². The molecular weight excluding hydrogens is 346 g/mol. The van der Waals surface area contributed by atoms with Gasteiger partial charge in [0.2, 0.25) is 0 Å². The first-order chi connectivity index (χ1) is 10.5. The number of hydrogen-bond donors (Lipinski definition) is 0. The Morgan fingerprint density at radius 1 is 0.826 bits per heavy atom. The average molecular weight is 353 g/mol. The van der Waals surface area contributed by atoms with E-state index in [0.717, 1.165) is 24.3 Å². The molecular formula is C15H7ClF6O. The van der Waals surface area contributed by atoms with Gasteiger partial charge in [-0.3, -0.25) is 4.79 Å². The fraction of sp³-hybridized carbons (Fsp3) is 0.133. The van der Waals surface area contributed by atoms with Crippen LogP contribution in [0, 0.1) is 0 Å². The van der Waals surface area contributed by atoms with Gasteiger partial charge in [0, 0.05) is 5.56 Å². The Morgan fingerprint density at radius 3 is 1.96 bits per heavy atom. The van der Waals surface area contributed by atoms with Crippen molar-refractivity contribution in [2.45, 2.75) is 12.4 Å². The van der Waals surface area contributed by atoms with Crippen molar-refractivity contribution < 1.29 is 31.1 Å². The Bertz CT molecular complexity index is 748. The van der Waals surface area contributed by atoms with Gasteiger partial charge in [-0.2, -0.15) is 26.3 Å². The summed E-state index contributed by atoms with van der Waals surface area (Å²) in [6.07, 6.45) is -9.56. The fourth-order valence-corrected chi connectivity index (χ4v) is 2.24. The topological polar surface area (TPSA) is 17.1 Å². The predicted molar refractivity (Wildman–Crippen MR) is 72.1 cm³/mol. The quantitative estimate of drug-likeness (QED) is 0.495. The summed E-state index contributed by atoms with van der Waals surface area (Å²) in [6, 6.07) is 5.88. The summed E-state index contributed by atoms with van der Waals surface area (Å²) < 4.78 is 77.6. The smallest absolute Gasteiger partial charge is 0.276 e. The highest BCUT2D eigenvalue weighted by Crippen LogP contribution is 2.40. The molecule has 0 saturated heterocycles. The molecule has 0 aliphatic heterocycles. The lowest BCUT2D eigenvalue weighted by molar-refractivity contribution is -0.137. The third-order valence-corrected chi connectivity index (χ3v) is 3.28. The van der Waals surface area contributed by atoms with E-state index in [1.807, 2.05) is 0 Å². The molecule has 0 amide bonds. The van der Waals surface area contributed by atoms with Gasteiger partial charge in [-0.25, -0.2) is 0 Å². The van der Waals surface area contributed by atoms with Crippen molar-refractivity contribution >= 4 is 16.8 Å². The molecule has 2 aromatic carbocycles. The highest BCUT2D eigenvalue weighted by molar-refractivity contribution is 6.68. The van der Waals surface area contributed by atoms with Crippen LogP contribution in [-0.2, 0) is 12.4 Å². The summed E-state index contributed by atoms with van der Waals surface area (Å²) in [5, 5.41) is -1.15. The highest BCUT2D eigenvalue weighted by atomic mass is 35.5. The highest BCUT2D eigenvalue weighted by Gasteiger charge is 2.36. The molecule has 0 atom stereocenters. The van der Waals surface area contributed by atoms with Gasteiger partial charge in [0.1, 0.15) is 0 Å². The summed E-state index contributed by atoms with van der Waals surface area (Å²) in [5.41, 5.74) is -3.83. The molecule has 23 heavy (non-hydrogen) atoms. The van der Waals surface area contributed by atoms with Crippen LogP contribution in [0.5, 0.6) is 0 Å². The second-order valence-corrected chi connectivity index (χ2v) is 4.92. The molecule has 2 aromatic rings. The Hall–Kier alpha value is -2.02. The molecule has 2 rings (SSSR count). The van der Waals surface area contributed by atoms with Gasteiger partial charge in [-0.1, -0.05) is 18.2 Å². The van der Waals surface area contributed by atoms with Gasteiger partial charge in [0.25, 0.3) is 5.24 Å². The first-order valence-electron chi connectivity index (χ1n) is 6.09. The van der Waals surface area contributed by atoms with Crippen LogP contribution in [0.4, 0.5) is 26.3 Å². The second kappa shape index (κ2) is 5.88. The second-order valence-electron chi connectivity index (χ2n) is 4.58. The zero-order valence-corrected chi connectivity index (χ0v) is 11.9. The van der Waals surface area contributed by atoms with Gasteiger partial charge in [0.05, 0.1) is 11.1 Å². The lowest BCUT2D eigenvalue weighted by atomic mass is 9.93. The van der Waals surface area contributed by atoms with Gasteiger partial charge < -0.3 is 0 Å². The molecule has 0 heterocycles. The van der Waals surface area contributed by atoms with E-state index < -0.39 is 45.4 Å². The first-order valence-corrected chi connectivity index (χ1v) is 6.47. The number of hydrogen-bond acceptors (Lipinski definition) is 1. The minimum Gasteiger partial charge on any atom is -0.276 e. The summed E-state index contributed by atoms with van der Waals surface area (Å²) in [7, 11) is 0. The summed E-state index contributed by atoms with van der Waals surface area (Å²) in [6.45, 7) is 0. The average Bonchev–Trinajstić information content (AvgIpc) is 2.44. The van der Waals surface area contributed by atoms with Crippen molar-refractivity contribution in [1.29, 1.82) is 0 Å². The van der Waals surface area contributed by atoms with Crippen LogP contribution in [0.25, 0.3) is 11.1 Å². The number of carbonyl (C=O) groups excluding carboxylic acids is 1. The van der Waals surface area contributed by atoms with E-state index in [4.69, 9.17) is 11.6 Å². The van der Waals surface area contributed by atoms with Crippen molar-refractivity contribution in [1.82, 2.24) is 0 Å². The van der Waals surface area contributed by atoms with E-state index in [2.05, 4.69) is 0 Å². The number of benzene rings is 2. The Labute approximate surface area is 131 Å². The molecule has 0 spiro atoms. The fourth-order valence-electron chi connectivity index (χ4n) is 2.08. The van der Waals surface area contributed by atoms with Gasteiger partial charge in [-0.05, 0) is 47.0 Å². The number of halogens is 7.